The van der Waals surface area contributed by atoms with Gasteiger partial charge >= 0.3 is 0 Å². The zero-order chi connectivity index (χ0) is 14.0. The van der Waals surface area contributed by atoms with E-state index in [1.807, 2.05) is 38.1 Å². The van der Waals surface area contributed by atoms with E-state index in [0.29, 0.717) is 28.5 Å². The Hall–Kier alpha value is -1.26. The average molecular weight is 284 g/mol. The Morgan fingerprint density at radius 2 is 2.05 bits per heavy atom. The highest BCUT2D eigenvalue weighted by Gasteiger charge is 2.38. The second kappa shape index (κ2) is 5.39. The molecular weight excluding hydrogens is 266 g/mol. The molecule has 0 bridgehead atoms. The Morgan fingerprint density at radius 3 is 2.63 bits per heavy atom. The lowest BCUT2D eigenvalue weighted by Crippen LogP contribution is -2.41. The molecule has 1 aromatic rings. The van der Waals surface area contributed by atoms with Gasteiger partial charge < -0.3 is 9.94 Å². The SMILES string of the molecule is CC1(C)CC(c2ccc(Cl)cc2)C(CCO)=[N+]([O-])O1. The Kier molecular flexibility index (Phi) is 4.02. The summed E-state index contributed by atoms with van der Waals surface area (Å²) in [7, 11) is 0. The number of aliphatic hydroxyl groups is 1. The van der Waals surface area contributed by atoms with Crippen molar-refractivity contribution in [3.63, 3.8) is 0 Å². The van der Waals surface area contributed by atoms with Crippen LogP contribution < -0.4 is 0 Å². The molecule has 4 nitrogen and oxygen atoms in total. The molecule has 1 aliphatic rings. The van der Waals surface area contributed by atoms with Gasteiger partial charge in [-0.25, -0.2) is 0 Å². The quantitative estimate of drug-likeness (QED) is 0.868. The molecular formula is C14H18ClNO3. The Bertz CT molecular complexity index is 482. The maximum absolute atomic E-state index is 12.0. The normalized spacial score (nSPS) is 22.2. The zero-order valence-corrected chi connectivity index (χ0v) is 11.9. The van der Waals surface area contributed by atoms with Crippen molar-refractivity contribution in [2.45, 2.75) is 38.2 Å². The van der Waals surface area contributed by atoms with Crippen LogP contribution in [-0.2, 0) is 4.84 Å². The van der Waals surface area contributed by atoms with Gasteiger partial charge in [-0.2, -0.15) is 0 Å². The summed E-state index contributed by atoms with van der Waals surface area (Å²) in [6, 6.07) is 7.45. The third-order valence-electron chi connectivity index (χ3n) is 3.30. The van der Waals surface area contributed by atoms with Gasteiger partial charge in [0.2, 0.25) is 5.71 Å². The van der Waals surface area contributed by atoms with Crippen LogP contribution in [0.3, 0.4) is 0 Å². The van der Waals surface area contributed by atoms with Gasteiger partial charge in [0.25, 0.3) is 0 Å². The van der Waals surface area contributed by atoms with Gasteiger partial charge in [-0.05, 0) is 38.0 Å². The number of hydrogen-bond donors (Lipinski definition) is 1. The highest BCUT2D eigenvalue weighted by atomic mass is 35.5. The summed E-state index contributed by atoms with van der Waals surface area (Å²) in [6.07, 6.45) is 1.01. The number of aliphatic hydroxyl groups excluding tert-OH is 1. The highest BCUT2D eigenvalue weighted by Crippen LogP contribution is 2.34. The van der Waals surface area contributed by atoms with E-state index in [9.17, 15) is 5.21 Å². The second-order valence-corrected chi connectivity index (χ2v) is 5.82. The van der Waals surface area contributed by atoms with Crippen LogP contribution >= 0.6 is 11.6 Å². The smallest absolute Gasteiger partial charge is 0.231 e. The van der Waals surface area contributed by atoms with E-state index in [2.05, 4.69) is 0 Å². The summed E-state index contributed by atoms with van der Waals surface area (Å²) in [4.78, 5) is 5.89. The number of halogens is 1. The summed E-state index contributed by atoms with van der Waals surface area (Å²) in [5.74, 6) is -0.0503. The molecule has 0 amide bonds. The van der Waals surface area contributed by atoms with Crippen molar-refractivity contribution in [1.29, 1.82) is 0 Å². The van der Waals surface area contributed by atoms with Crippen LogP contribution in [0.4, 0.5) is 0 Å². The molecule has 1 N–H and O–H groups in total. The first kappa shape index (κ1) is 14.2. The first-order chi connectivity index (χ1) is 8.93. The monoisotopic (exact) mass is 283 g/mol. The van der Waals surface area contributed by atoms with Gasteiger partial charge in [-0.15, -0.1) is 0 Å². The van der Waals surface area contributed by atoms with Gasteiger partial charge in [-0.1, -0.05) is 23.7 Å². The van der Waals surface area contributed by atoms with Crippen molar-refractivity contribution in [2.24, 2.45) is 0 Å². The van der Waals surface area contributed by atoms with Crippen molar-refractivity contribution in [3.8, 4) is 0 Å². The van der Waals surface area contributed by atoms with Crippen LogP contribution in [-0.4, -0.2) is 27.9 Å². The number of benzene rings is 1. The van der Waals surface area contributed by atoms with E-state index in [-0.39, 0.29) is 12.5 Å². The van der Waals surface area contributed by atoms with Crippen LogP contribution in [0.25, 0.3) is 0 Å². The van der Waals surface area contributed by atoms with Crippen LogP contribution in [0.5, 0.6) is 0 Å². The summed E-state index contributed by atoms with van der Waals surface area (Å²) >= 11 is 5.89. The lowest BCUT2D eigenvalue weighted by Gasteiger charge is -2.36. The van der Waals surface area contributed by atoms with E-state index in [4.69, 9.17) is 21.5 Å². The molecule has 0 saturated carbocycles. The summed E-state index contributed by atoms with van der Waals surface area (Å²) in [5.41, 5.74) is 1.06. The summed E-state index contributed by atoms with van der Waals surface area (Å²) in [6.45, 7) is 3.70. The average Bonchev–Trinajstić information content (AvgIpc) is 2.33. The maximum Gasteiger partial charge on any atom is 0.231 e. The molecule has 1 atom stereocenters. The molecule has 5 heteroatoms. The Balaban J connectivity index is 2.39. The van der Waals surface area contributed by atoms with E-state index in [0.717, 1.165) is 5.56 Å². The third kappa shape index (κ3) is 3.19. The molecule has 19 heavy (non-hydrogen) atoms. The standard InChI is InChI=1S/C14H18ClNO3/c1-14(2)9-12(10-3-5-11(15)6-4-10)13(7-8-17)16(18)19-14/h3-6,12,17H,7-9H2,1-2H3. The number of nitrogens with zero attached hydrogens (tertiary/aromatic N) is 1. The van der Waals surface area contributed by atoms with Crippen LogP contribution in [0.15, 0.2) is 24.3 Å². The van der Waals surface area contributed by atoms with Crippen LogP contribution in [0, 0.1) is 5.21 Å². The van der Waals surface area contributed by atoms with E-state index in [1.54, 1.807) is 0 Å². The zero-order valence-electron chi connectivity index (χ0n) is 11.1. The predicted octanol–water partition coefficient (Wildman–Crippen LogP) is 2.87. The van der Waals surface area contributed by atoms with E-state index < -0.39 is 5.60 Å². The lowest BCUT2D eigenvalue weighted by atomic mass is 9.82. The van der Waals surface area contributed by atoms with Gasteiger partial charge in [0.15, 0.2) is 0 Å². The Morgan fingerprint density at radius 1 is 1.42 bits per heavy atom. The van der Waals surface area contributed by atoms with Crippen LogP contribution in [0.1, 0.15) is 38.2 Å². The van der Waals surface area contributed by atoms with Crippen LogP contribution in [0.2, 0.25) is 5.02 Å². The lowest BCUT2D eigenvalue weighted by molar-refractivity contribution is -0.770. The minimum Gasteiger partial charge on any atom is -0.397 e. The summed E-state index contributed by atoms with van der Waals surface area (Å²) in [5, 5.41) is 21.7. The molecule has 0 radical (unpaired) electrons. The van der Waals surface area contributed by atoms with E-state index in [1.165, 1.54) is 0 Å². The van der Waals surface area contributed by atoms with Crippen molar-refractivity contribution in [2.75, 3.05) is 6.61 Å². The minimum atomic E-state index is -0.523. The van der Waals surface area contributed by atoms with Gasteiger partial charge in [0.1, 0.15) is 0 Å². The first-order valence-electron chi connectivity index (χ1n) is 6.31. The molecule has 0 aromatic heterocycles. The molecule has 0 saturated heterocycles. The first-order valence-corrected chi connectivity index (χ1v) is 6.69. The molecule has 0 spiro atoms. The minimum absolute atomic E-state index is 0.0503. The third-order valence-corrected chi connectivity index (χ3v) is 3.55. The fourth-order valence-electron chi connectivity index (χ4n) is 2.44. The van der Waals surface area contributed by atoms with Gasteiger partial charge in [0, 0.05) is 9.92 Å². The van der Waals surface area contributed by atoms with Crippen molar-refractivity contribution in [1.82, 2.24) is 0 Å². The predicted molar refractivity (Wildman–Crippen MR) is 74.3 cm³/mol. The van der Waals surface area contributed by atoms with Gasteiger partial charge in [0.05, 0.1) is 24.5 Å². The molecule has 2 rings (SSSR count). The molecule has 1 heterocycles. The molecule has 1 unspecified atom stereocenters. The topological polar surface area (TPSA) is 55.5 Å². The molecule has 1 aliphatic heterocycles. The molecule has 104 valence electrons. The maximum atomic E-state index is 12.0. The van der Waals surface area contributed by atoms with Gasteiger partial charge in [-0.3, -0.25) is 5.21 Å². The van der Waals surface area contributed by atoms with E-state index >= 15 is 0 Å². The van der Waals surface area contributed by atoms with Crippen molar-refractivity contribution >= 4 is 17.3 Å². The second-order valence-electron chi connectivity index (χ2n) is 5.38. The van der Waals surface area contributed by atoms with Crippen molar-refractivity contribution in [3.05, 3.63) is 40.1 Å². The highest BCUT2D eigenvalue weighted by molar-refractivity contribution is 6.30. The number of hydrogen-bond acceptors (Lipinski definition) is 3. The molecule has 0 fully saturated rings. The largest absolute Gasteiger partial charge is 0.397 e. The fourth-order valence-corrected chi connectivity index (χ4v) is 2.57. The summed E-state index contributed by atoms with van der Waals surface area (Å²) < 4.78 is 0. The fraction of sp³-hybridized carbons (Fsp3) is 0.500. The molecule has 1 aromatic carbocycles. The molecule has 0 aliphatic carbocycles. The number of rotatable bonds is 3. The Labute approximate surface area is 117 Å². The van der Waals surface area contributed by atoms with Crippen molar-refractivity contribution < 1.29 is 14.8 Å².